The van der Waals surface area contributed by atoms with Gasteiger partial charge in [0.1, 0.15) is 18.1 Å². The van der Waals surface area contributed by atoms with Crippen molar-refractivity contribution < 1.29 is 9.53 Å². The summed E-state index contributed by atoms with van der Waals surface area (Å²) in [6, 6.07) is 13.1. The summed E-state index contributed by atoms with van der Waals surface area (Å²) in [5.74, 6) is 0.679. The van der Waals surface area contributed by atoms with Crippen molar-refractivity contribution in [1.82, 2.24) is 10.2 Å². The molecule has 2 aliphatic rings. The Labute approximate surface area is 191 Å². The van der Waals surface area contributed by atoms with E-state index in [-0.39, 0.29) is 11.9 Å². The molecule has 1 N–H and O–H groups in total. The van der Waals surface area contributed by atoms with Gasteiger partial charge in [-0.25, -0.2) is 0 Å². The summed E-state index contributed by atoms with van der Waals surface area (Å²) in [6.07, 6.45) is 7.41. The van der Waals surface area contributed by atoms with Crippen LogP contribution in [0.4, 0.5) is 0 Å². The molecular weight excluding hydrogens is 439 g/mol. The average Bonchev–Trinajstić information content (AvgIpc) is 3.02. The second-order valence-corrected chi connectivity index (χ2v) is 8.78. The molecule has 0 radical (unpaired) electrons. The Morgan fingerprint density at radius 2 is 1.83 bits per heavy atom. The molecular formula is C23H22Cl2N2O2S. The normalized spacial score (nSPS) is 18.7. The highest BCUT2D eigenvalue weighted by Gasteiger charge is 2.36. The molecule has 0 bridgehead atoms. The van der Waals surface area contributed by atoms with Crippen molar-refractivity contribution in [2.45, 2.75) is 44.8 Å². The highest BCUT2D eigenvalue weighted by Crippen LogP contribution is 2.27. The monoisotopic (exact) mass is 460 g/mol. The molecule has 4 rings (SSSR count). The second kappa shape index (κ2) is 9.38. The van der Waals surface area contributed by atoms with E-state index < -0.39 is 0 Å². The van der Waals surface area contributed by atoms with Crippen molar-refractivity contribution in [3.05, 3.63) is 69.3 Å². The number of benzene rings is 2. The van der Waals surface area contributed by atoms with Gasteiger partial charge < -0.3 is 10.1 Å². The molecule has 7 heteroatoms. The molecule has 2 aromatic rings. The quantitative estimate of drug-likeness (QED) is 0.441. The lowest BCUT2D eigenvalue weighted by Gasteiger charge is -2.29. The van der Waals surface area contributed by atoms with Crippen LogP contribution >= 0.6 is 35.4 Å². The van der Waals surface area contributed by atoms with E-state index in [1.54, 1.807) is 17.0 Å². The summed E-state index contributed by atoms with van der Waals surface area (Å²) in [4.78, 5) is 14.6. The van der Waals surface area contributed by atoms with Gasteiger partial charge in [0, 0.05) is 21.7 Å². The first-order valence-electron chi connectivity index (χ1n) is 10.0. The van der Waals surface area contributed by atoms with Crippen LogP contribution < -0.4 is 10.1 Å². The number of carbonyl (C=O) groups is 1. The van der Waals surface area contributed by atoms with Crippen LogP contribution in [0.3, 0.4) is 0 Å². The fourth-order valence-electron chi connectivity index (χ4n) is 3.85. The van der Waals surface area contributed by atoms with Crippen molar-refractivity contribution in [2.75, 3.05) is 0 Å². The molecule has 2 aromatic carbocycles. The zero-order valence-electron chi connectivity index (χ0n) is 16.4. The van der Waals surface area contributed by atoms with Crippen LogP contribution in [-0.4, -0.2) is 22.0 Å². The maximum Gasteiger partial charge on any atom is 0.276 e. The van der Waals surface area contributed by atoms with Gasteiger partial charge in [0.2, 0.25) is 0 Å². The van der Waals surface area contributed by atoms with Crippen molar-refractivity contribution in [2.24, 2.45) is 0 Å². The molecule has 1 saturated heterocycles. The van der Waals surface area contributed by atoms with Gasteiger partial charge in [-0.3, -0.25) is 9.69 Å². The number of thiocarbonyl (C=S) groups is 1. The number of nitrogens with one attached hydrogen (secondary N) is 1. The first-order chi connectivity index (χ1) is 14.5. The number of nitrogens with zero attached hydrogens (tertiary/aromatic N) is 1. The molecule has 1 saturated carbocycles. The molecule has 1 aliphatic heterocycles. The molecule has 0 aromatic heterocycles. The number of rotatable bonds is 5. The largest absolute Gasteiger partial charge is 0.489 e. The summed E-state index contributed by atoms with van der Waals surface area (Å²) in [6.45, 7) is 0.348. The summed E-state index contributed by atoms with van der Waals surface area (Å²) in [5.41, 5.74) is 2.28. The smallest absolute Gasteiger partial charge is 0.276 e. The van der Waals surface area contributed by atoms with Gasteiger partial charge in [0.05, 0.1) is 0 Å². The molecule has 1 aliphatic carbocycles. The van der Waals surface area contributed by atoms with Crippen molar-refractivity contribution in [3.63, 3.8) is 0 Å². The summed E-state index contributed by atoms with van der Waals surface area (Å²) >= 11 is 17.5. The van der Waals surface area contributed by atoms with Crippen LogP contribution in [0, 0.1) is 0 Å². The van der Waals surface area contributed by atoms with Crippen LogP contribution in [-0.2, 0) is 11.4 Å². The fraction of sp³-hybridized carbons (Fsp3) is 0.304. The highest BCUT2D eigenvalue weighted by molar-refractivity contribution is 7.80. The maximum absolute atomic E-state index is 12.9. The molecule has 1 amide bonds. The lowest BCUT2D eigenvalue weighted by Crippen LogP contribution is -2.41. The van der Waals surface area contributed by atoms with E-state index in [0.29, 0.717) is 33.2 Å². The first-order valence-corrected chi connectivity index (χ1v) is 11.2. The van der Waals surface area contributed by atoms with Gasteiger partial charge in [0.25, 0.3) is 5.91 Å². The second-order valence-electron chi connectivity index (χ2n) is 7.55. The number of carbonyl (C=O) groups excluding carboxylic acids is 1. The Bertz CT molecular complexity index is 985. The minimum absolute atomic E-state index is 0.0374. The first kappa shape index (κ1) is 21.2. The van der Waals surface area contributed by atoms with E-state index in [9.17, 15) is 4.79 Å². The van der Waals surface area contributed by atoms with E-state index in [1.165, 1.54) is 6.42 Å². The topological polar surface area (TPSA) is 41.6 Å². The van der Waals surface area contributed by atoms with Gasteiger partial charge >= 0.3 is 0 Å². The van der Waals surface area contributed by atoms with Crippen LogP contribution in [0.5, 0.6) is 5.75 Å². The summed E-state index contributed by atoms with van der Waals surface area (Å²) in [7, 11) is 0. The van der Waals surface area contributed by atoms with Crippen LogP contribution in [0.2, 0.25) is 10.0 Å². The predicted octanol–water partition coefficient (Wildman–Crippen LogP) is 5.96. The maximum atomic E-state index is 12.9. The van der Waals surface area contributed by atoms with Crippen molar-refractivity contribution in [3.8, 4) is 5.75 Å². The zero-order valence-corrected chi connectivity index (χ0v) is 18.7. The third-order valence-electron chi connectivity index (χ3n) is 5.45. The lowest BCUT2D eigenvalue weighted by molar-refractivity contribution is -0.124. The number of halogens is 2. The molecule has 1 heterocycles. The van der Waals surface area contributed by atoms with E-state index in [1.807, 2.05) is 36.4 Å². The van der Waals surface area contributed by atoms with Crippen LogP contribution in [0.15, 0.2) is 48.2 Å². The van der Waals surface area contributed by atoms with Gasteiger partial charge in [-0.1, -0.05) is 60.7 Å². The fourth-order valence-corrected chi connectivity index (χ4v) is 4.65. The Balaban J connectivity index is 1.40. The van der Waals surface area contributed by atoms with E-state index in [0.717, 1.165) is 36.8 Å². The van der Waals surface area contributed by atoms with E-state index in [2.05, 4.69) is 5.32 Å². The van der Waals surface area contributed by atoms with Crippen LogP contribution in [0.1, 0.15) is 43.2 Å². The summed E-state index contributed by atoms with van der Waals surface area (Å²) < 4.78 is 5.81. The molecule has 0 spiro atoms. The minimum atomic E-state index is -0.0374. The number of ether oxygens (including phenoxy) is 1. The van der Waals surface area contributed by atoms with Gasteiger partial charge in [-0.15, -0.1) is 0 Å². The predicted molar refractivity (Wildman–Crippen MR) is 125 cm³/mol. The number of hydrogen-bond donors (Lipinski definition) is 1. The Hall–Kier alpha value is -2.08. The van der Waals surface area contributed by atoms with E-state index in [4.69, 9.17) is 40.2 Å². The Morgan fingerprint density at radius 1 is 1.10 bits per heavy atom. The molecule has 4 nitrogen and oxygen atoms in total. The molecule has 156 valence electrons. The van der Waals surface area contributed by atoms with Gasteiger partial charge in [-0.2, -0.15) is 0 Å². The minimum Gasteiger partial charge on any atom is -0.489 e. The molecule has 2 fully saturated rings. The Morgan fingerprint density at radius 3 is 2.53 bits per heavy atom. The SMILES string of the molecule is O=C1/C(=C/c2ccc(OCc3ccc(Cl)cc3Cl)cc2)NC(=S)N1C1CCCCC1. The van der Waals surface area contributed by atoms with Gasteiger partial charge in [-0.05, 0) is 61.0 Å². The average molecular weight is 461 g/mol. The lowest BCUT2D eigenvalue weighted by atomic mass is 9.94. The molecule has 30 heavy (non-hydrogen) atoms. The Kier molecular flexibility index (Phi) is 6.61. The third-order valence-corrected chi connectivity index (χ3v) is 6.34. The van der Waals surface area contributed by atoms with E-state index >= 15 is 0 Å². The summed E-state index contributed by atoms with van der Waals surface area (Å²) in [5, 5.41) is 4.77. The molecule has 0 atom stereocenters. The number of amides is 1. The van der Waals surface area contributed by atoms with Gasteiger partial charge in [0.15, 0.2) is 5.11 Å². The highest BCUT2D eigenvalue weighted by atomic mass is 35.5. The third kappa shape index (κ3) is 4.80. The van der Waals surface area contributed by atoms with Crippen LogP contribution in [0.25, 0.3) is 6.08 Å². The van der Waals surface area contributed by atoms with Crippen molar-refractivity contribution in [1.29, 1.82) is 0 Å². The standard InChI is InChI=1S/C23H22Cl2N2O2S/c24-17-9-8-16(20(25)13-17)14-29-19-10-6-15(7-11-19)12-21-22(28)27(23(30)26-21)18-4-2-1-3-5-18/h6-13,18H,1-5,14H2,(H,26,30)/b21-12-. The molecule has 0 unspecified atom stereocenters. The van der Waals surface area contributed by atoms with Crippen molar-refractivity contribution >= 4 is 52.5 Å². The zero-order chi connectivity index (χ0) is 21.1. The number of hydrogen-bond acceptors (Lipinski definition) is 3.